The summed E-state index contributed by atoms with van der Waals surface area (Å²) in [5, 5.41) is 9.10. The minimum Gasteiger partial charge on any atom is -0.481 e. The second-order valence-electron chi connectivity index (χ2n) is 22.4. The van der Waals surface area contributed by atoms with E-state index in [4.69, 9.17) is 14.6 Å². The molecule has 5 aliphatic rings. The van der Waals surface area contributed by atoms with Gasteiger partial charge in [-0.15, -0.1) is 0 Å². The van der Waals surface area contributed by atoms with E-state index in [-0.39, 0.29) is 75.5 Å². The lowest BCUT2D eigenvalue weighted by atomic mass is 9.33. The molecule has 0 spiro atoms. The van der Waals surface area contributed by atoms with Gasteiger partial charge in [-0.05, 0) is 111 Å². The van der Waals surface area contributed by atoms with Crippen molar-refractivity contribution in [1.82, 2.24) is 0 Å². The number of fused-ring (bicyclic) bond motifs is 7. The number of carboxylic acid groups (broad SMARTS) is 1. The minimum absolute atomic E-state index is 0.0460. The van der Waals surface area contributed by atoms with E-state index in [1.165, 1.54) is 95.5 Å². The van der Waals surface area contributed by atoms with Gasteiger partial charge in [0.15, 0.2) is 5.78 Å². The third kappa shape index (κ3) is 10.2. The van der Waals surface area contributed by atoms with E-state index in [1.807, 2.05) is 0 Å². The van der Waals surface area contributed by atoms with E-state index < -0.39 is 17.4 Å². The first-order valence-corrected chi connectivity index (χ1v) is 24.7. The predicted octanol–water partition coefficient (Wildman–Crippen LogP) is 13.5. The van der Waals surface area contributed by atoms with Gasteiger partial charge in [0.2, 0.25) is 0 Å². The van der Waals surface area contributed by atoms with Crippen LogP contribution in [0.3, 0.4) is 0 Å². The Bertz CT molecular complexity index is 1500. The van der Waals surface area contributed by atoms with Crippen LogP contribution in [0.5, 0.6) is 0 Å². The molecule has 1 N–H and O–H groups in total. The lowest BCUT2D eigenvalue weighted by molar-refractivity contribution is -0.211. The Hall–Kier alpha value is -2.18. The topological polar surface area (TPSA) is 107 Å². The summed E-state index contributed by atoms with van der Waals surface area (Å²) in [5.74, 6) is -1.00. The van der Waals surface area contributed by atoms with Crippen LogP contribution in [0.2, 0.25) is 0 Å². The molecule has 0 aromatic heterocycles. The van der Waals surface area contributed by atoms with Crippen LogP contribution in [-0.2, 0) is 28.7 Å². The Kier molecular flexibility index (Phi) is 16.1. The molecule has 0 saturated heterocycles. The third-order valence-electron chi connectivity index (χ3n) is 18.1. The maximum absolute atomic E-state index is 14.9. The van der Waals surface area contributed by atoms with Crippen molar-refractivity contribution >= 4 is 23.7 Å². The molecule has 9 atom stereocenters. The van der Waals surface area contributed by atoms with Crippen LogP contribution in [0.4, 0.5) is 0 Å². The van der Waals surface area contributed by atoms with Crippen LogP contribution in [0.25, 0.3) is 0 Å². The van der Waals surface area contributed by atoms with Gasteiger partial charge >= 0.3 is 17.9 Å². The average molecular weight is 823 g/mol. The van der Waals surface area contributed by atoms with Gasteiger partial charge < -0.3 is 14.6 Å². The third-order valence-corrected chi connectivity index (χ3v) is 18.1. The second-order valence-corrected chi connectivity index (χ2v) is 22.4. The van der Waals surface area contributed by atoms with E-state index in [0.717, 1.165) is 64.2 Å². The molecule has 0 bridgehead atoms. The van der Waals surface area contributed by atoms with Crippen LogP contribution in [0.15, 0.2) is 11.6 Å². The summed E-state index contributed by atoms with van der Waals surface area (Å²) >= 11 is 0. The SMILES string of the molecule is CCCCCCCCCCCCCCCCCCOC(=O)[C@@]1(C)CC[C@]2(C)CC[C@]3(C)C(=CC(=O)C4[C@@]5(C)CC[C@H](OC(=O)CCC(=O)O)C(C)(C)C5CC[C@]43C)C2C1. The Morgan fingerprint density at radius 3 is 1.83 bits per heavy atom. The molecule has 5 rings (SSSR count). The number of hydrogen-bond acceptors (Lipinski definition) is 6. The quantitative estimate of drug-likeness (QED) is 0.0856. The summed E-state index contributed by atoms with van der Waals surface area (Å²) in [5.41, 5.74) is -0.148. The zero-order valence-electron chi connectivity index (χ0n) is 39.1. The molecular weight excluding hydrogens is 737 g/mol. The monoisotopic (exact) mass is 823 g/mol. The summed E-state index contributed by atoms with van der Waals surface area (Å²) in [7, 11) is 0. The standard InChI is InChI=1S/C52H86O7/c1-9-10-11-12-13-14-15-16-17-18-19-20-21-22-23-24-35-58-46(57)49(5)32-31-48(4)33-34-51(7)38(39(48)37-49)36-40(53)45-50(6)29-28-42(59-44(56)26-25-43(54)55)47(2,3)41(50)27-30-52(45,51)8/h36,39,41-42,45H,9-35,37H2,1-8H3,(H,54,55)/t39?,41?,42-,45?,48+,49-,50-,51+,52+/m0/s1. The predicted molar refractivity (Wildman–Crippen MR) is 237 cm³/mol. The van der Waals surface area contributed by atoms with Gasteiger partial charge in [0.25, 0.3) is 0 Å². The number of aliphatic carboxylic acids is 1. The van der Waals surface area contributed by atoms with Crippen molar-refractivity contribution in [2.45, 2.75) is 235 Å². The number of carboxylic acids is 1. The minimum atomic E-state index is -0.998. The molecule has 7 heteroatoms. The molecule has 4 fully saturated rings. The van der Waals surface area contributed by atoms with Crippen molar-refractivity contribution in [2.75, 3.05) is 6.61 Å². The van der Waals surface area contributed by atoms with Crippen molar-refractivity contribution in [3.05, 3.63) is 11.6 Å². The number of hydrogen-bond donors (Lipinski definition) is 1. The number of esters is 2. The van der Waals surface area contributed by atoms with Gasteiger partial charge in [-0.3, -0.25) is 19.2 Å². The van der Waals surface area contributed by atoms with Crippen molar-refractivity contribution in [1.29, 1.82) is 0 Å². The highest BCUT2D eigenvalue weighted by molar-refractivity contribution is 5.95. The van der Waals surface area contributed by atoms with E-state index in [9.17, 15) is 19.2 Å². The van der Waals surface area contributed by atoms with Gasteiger partial charge in [0.1, 0.15) is 6.10 Å². The van der Waals surface area contributed by atoms with E-state index in [1.54, 1.807) is 0 Å². The smallest absolute Gasteiger partial charge is 0.311 e. The molecule has 336 valence electrons. The van der Waals surface area contributed by atoms with Gasteiger partial charge in [0, 0.05) is 11.3 Å². The first-order chi connectivity index (χ1) is 27.9. The number of carbonyl (C=O) groups is 4. The fourth-order valence-electron chi connectivity index (χ4n) is 14.0. The van der Waals surface area contributed by atoms with Gasteiger partial charge in [-0.1, -0.05) is 150 Å². The number of carbonyl (C=O) groups excluding carboxylic acids is 3. The Balaban J connectivity index is 1.13. The molecule has 0 radical (unpaired) electrons. The van der Waals surface area contributed by atoms with Crippen LogP contribution in [0, 0.1) is 50.2 Å². The number of unbranched alkanes of at least 4 members (excludes halogenated alkanes) is 15. The molecule has 7 nitrogen and oxygen atoms in total. The zero-order valence-corrected chi connectivity index (χ0v) is 39.1. The summed E-state index contributed by atoms with van der Waals surface area (Å²) in [6, 6.07) is 0. The van der Waals surface area contributed by atoms with E-state index in [0.29, 0.717) is 13.0 Å². The molecule has 3 unspecified atom stereocenters. The van der Waals surface area contributed by atoms with Gasteiger partial charge in [-0.25, -0.2) is 0 Å². The lowest BCUT2D eigenvalue weighted by Gasteiger charge is -2.70. The molecule has 5 aliphatic carbocycles. The summed E-state index contributed by atoms with van der Waals surface area (Å²) in [6.45, 7) is 18.9. The number of allylic oxidation sites excluding steroid dienone is 2. The number of ketones is 1. The summed E-state index contributed by atoms with van der Waals surface area (Å²) in [4.78, 5) is 52.6. The Morgan fingerprint density at radius 1 is 0.695 bits per heavy atom. The fourth-order valence-corrected chi connectivity index (χ4v) is 14.0. The van der Waals surface area contributed by atoms with Gasteiger partial charge in [-0.2, -0.15) is 0 Å². The largest absolute Gasteiger partial charge is 0.481 e. The molecule has 0 aliphatic heterocycles. The zero-order chi connectivity index (χ0) is 43.1. The van der Waals surface area contributed by atoms with E-state index >= 15 is 0 Å². The molecule has 0 heterocycles. The highest BCUT2D eigenvalue weighted by Gasteiger charge is 2.70. The number of rotatable bonds is 22. The molecule has 0 aromatic carbocycles. The maximum atomic E-state index is 14.9. The van der Waals surface area contributed by atoms with Crippen molar-refractivity contribution < 1.29 is 33.8 Å². The van der Waals surface area contributed by atoms with Crippen LogP contribution >= 0.6 is 0 Å². The Labute approximate surface area is 359 Å². The molecule has 4 saturated carbocycles. The molecular formula is C52H86O7. The molecule has 0 amide bonds. The Morgan fingerprint density at radius 2 is 1.25 bits per heavy atom. The van der Waals surface area contributed by atoms with Crippen molar-refractivity contribution in [3.8, 4) is 0 Å². The summed E-state index contributed by atoms with van der Waals surface area (Å²) in [6.07, 6.45) is 30.7. The van der Waals surface area contributed by atoms with Crippen LogP contribution in [-0.4, -0.2) is 41.5 Å². The number of ether oxygens (including phenoxy) is 2. The van der Waals surface area contributed by atoms with Gasteiger partial charge in [0.05, 0.1) is 24.9 Å². The lowest BCUT2D eigenvalue weighted by Crippen LogP contribution is -2.66. The average Bonchev–Trinajstić information content (AvgIpc) is 3.17. The summed E-state index contributed by atoms with van der Waals surface area (Å²) < 4.78 is 12.1. The van der Waals surface area contributed by atoms with Crippen LogP contribution < -0.4 is 0 Å². The second kappa shape index (κ2) is 19.9. The first-order valence-electron chi connectivity index (χ1n) is 24.7. The molecule has 59 heavy (non-hydrogen) atoms. The van der Waals surface area contributed by atoms with Crippen LogP contribution in [0.1, 0.15) is 229 Å². The maximum Gasteiger partial charge on any atom is 0.311 e. The first kappa shape index (κ1) is 47.9. The normalized spacial score (nSPS) is 36.0. The molecule has 0 aromatic rings. The van der Waals surface area contributed by atoms with E-state index in [2.05, 4.69) is 61.5 Å². The van der Waals surface area contributed by atoms with Crippen molar-refractivity contribution in [3.63, 3.8) is 0 Å². The fraction of sp³-hybridized carbons (Fsp3) is 0.885. The highest BCUT2D eigenvalue weighted by Crippen LogP contribution is 2.75. The van der Waals surface area contributed by atoms with Crippen molar-refractivity contribution in [2.24, 2.45) is 50.2 Å². The highest BCUT2D eigenvalue weighted by atomic mass is 16.5.